The number of oxime groups is 1. The van der Waals surface area contributed by atoms with Gasteiger partial charge in [0.15, 0.2) is 16.0 Å². The van der Waals surface area contributed by atoms with Gasteiger partial charge in [0.2, 0.25) is 10.0 Å². The number of aliphatic hydroxyl groups excluding tert-OH is 1. The third-order valence-corrected chi connectivity index (χ3v) is 8.10. The van der Waals surface area contributed by atoms with E-state index >= 15 is 0 Å². The molecule has 0 spiro atoms. The molecule has 0 bridgehead atoms. The maximum absolute atomic E-state index is 13.3. The SMILES string of the molecule is CCO[C@@H]1CC[C@@H](O/N=C(/C(=O)Nc2ncc(F)s2)c2ccc(S(=O)(=O)N(CC)CCO)cc2)C1. The highest BCUT2D eigenvalue weighted by atomic mass is 32.2. The predicted molar refractivity (Wildman–Crippen MR) is 129 cm³/mol. The number of nitrogens with zero attached hydrogens (tertiary/aromatic N) is 3. The van der Waals surface area contributed by atoms with E-state index in [0.717, 1.165) is 23.3 Å². The van der Waals surface area contributed by atoms with Gasteiger partial charge in [-0.1, -0.05) is 35.5 Å². The average Bonchev–Trinajstić information content (AvgIpc) is 3.46. The molecule has 1 aliphatic rings. The zero-order valence-corrected chi connectivity index (χ0v) is 21.1. The molecular weight excluding hydrogens is 499 g/mol. The Morgan fingerprint density at radius 3 is 2.60 bits per heavy atom. The number of aromatic nitrogens is 1. The molecule has 1 amide bonds. The maximum Gasteiger partial charge on any atom is 0.280 e. The van der Waals surface area contributed by atoms with Crippen molar-refractivity contribution in [3.05, 3.63) is 41.2 Å². The zero-order chi connectivity index (χ0) is 25.4. The number of carbonyl (C=O) groups excluding carboxylic acids is 1. The Morgan fingerprint density at radius 1 is 1.29 bits per heavy atom. The summed E-state index contributed by atoms with van der Waals surface area (Å²) in [6.07, 6.45) is 3.01. The molecule has 13 heteroatoms. The number of halogens is 1. The van der Waals surface area contributed by atoms with Gasteiger partial charge in [-0.2, -0.15) is 8.70 Å². The van der Waals surface area contributed by atoms with Crippen LogP contribution in [0, 0.1) is 5.13 Å². The van der Waals surface area contributed by atoms with Crippen LogP contribution in [0.5, 0.6) is 0 Å². The Balaban J connectivity index is 1.84. The van der Waals surface area contributed by atoms with E-state index in [1.807, 2.05) is 6.92 Å². The first-order chi connectivity index (χ1) is 16.8. The predicted octanol–water partition coefficient (Wildman–Crippen LogP) is 2.60. The maximum atomic E-state index is 13.3. The van der Waals surface area contributed by atoms with E-state index < -0.39 is 21.1 Å². The molecule has 2 N–H and O–H groups in total. The van der Waals surface area contributed by atoms with E-state index in [4.69, 9.17) is 14.7 Å². The van der Waals surface area contributed by atoms with Crippen LogP contribution in [-0.2, 0) is 24.4 Å². The van der Waals surface area contributed by atoms with Crippen LogP contribution in [-0.4, -0.2) is 72.9 Å². The third-order valence-electron chi connectivity index (χ3n) is 5.41. The van der Waals surface area contributed by atoms with Crippen molar-refractivity contribution in [3.8, 4) is 0 Å². The second-order valence-electron chi connectivity index (χ2n) is 7.73. The summed E-state index contributed by atoms with van der Waals surface area (Å²) >= 11 is 0.667. The summed E-state index contributed by atoms with van der Waals surface area (Å²) in [5.41, 5.74) is 0.204. The lowest BCUT2D eigenvalue weighted by Crippen LogP contribution is -2.33. The van der Waals surface area contributed by atoms with Crippen LogP contribution in [0.3, 0.4) is 0 Å². The number of thiazole rings is 1. The van der Waals surface area contributed by atoms with Gasteiger partial charge in [-0.3, -0.25) is 10.1 Å². The zero-order valence-electron chi connectivity index (χ0n) is 19.5. The molecule has 1 saturated carbocycles. The molecule has 1 aromatic carbocycles. The molecule has 1 fully saturated rings. The van der Waals surface area contributed by atoms with Crippen LogP contribution >= 0.6 is 11.3 Å². The van der Waals surface area contributed by atoms with Gasteiger partial charge in [0, 0.05) is 31.7 Å². The number of carbonyl (C=O) groups is 1. The fraction of sp³-hybridized carbons (Fsp3) is 0.500. The molecule has 0 saturated heterocycles. The van der Waals surface area contributed by atoms with Crippen molar-refractivity contribution < 1.29 is 32.3 Å². The van der Waals surface area contributed by atoms with Gasteiger partial charge in [-0.25, -0.2) is 13.4 Å². The van der Waals surface area contributed by atoms with Gasteiger partial charge >= 0.3 is 0 Å². The van der Waals surface area contributed by atoms with Crippen LogP contribution in [0.1, 0.15) is 38.7 Å². The molecule has 0 aliphatic heterocycles. The van der Waals surface area contributed by atoms with Crippen molar-refractivity contribution in [3.63, 3.8) is 0 Å². The fourth-order valence-corrected chi connectivity index (χ4v) is 5.68. The first-order valence-electron chi connectivity index (χ1n) is 11.3. The van der Waals surface area contributed by atoms with Crippen molar-refractivity contribution in [1.82, 2.24) is 9.29 Å². The summed E-state index contributed by atoms with van der Waals surface area (Å²) < 4.78 is 45.7. The molecule has 1 aromatic heterocycles. The van der Waals surface area contributed by atoms with Gasteiger partial charge in [-0.05, 0) is 31.9 Å². The Kier molecular flexibility index (Phi) is 9.69. The van der Waals surface area contributed by atoms with Gasteiger partial charge < -0.3 is 14.7 Å². The van der Waals surface area contributed by atoms with E-state index in [-0.39, 0.29) is 47.6 Å². The molecule has 0 unspecified atom stereocenters. The van der Waals surface area contributed by atoms with Gasteiger partial charge in [0.1, 0.15) is 6.10 Å². The second-order valence-corrected chi connectivity index (χ2v) is 10.6. The van der Waals surface area contributed by atoms with Crippen LogP contribution in [0.15, 0.2) is 40.5 Å². The summed E-state index contributed by atoms with van der Waals surface area (Å²) in [5, 5.41) is 15.2. The first-order valence-corrected chi connectivity index (χ1v) is 13.5. The molecule has 10 nitrogen and oxygen atoms in total. The van der Waals surface area contributed by atoms with Crippen LogP contribution in [0.2, 0.25) is 0 Å². The Hall–Kier alpha value is -2.45. The smallest absolute Gasteiger partial charge is 0.280 e. The first kappa shape index (κ1) is 27.1. The molecular formula is C22H29FN4O6S2. The van der Waals surface area contributed by atoms with Crippen molar-refractivity contribution in [2.45, 2.75) is 50.2 Å². The molecule has 1 aliphatic carbocycles. The number of hydrogen-bond acceptors (Lipinski definition) is 9. The lowest BCUT2D eigenvalue weighted by molar-refractivity contribution is -0.110. The standard InChI is InChI=1S/C22H29FN4O6S2/c1-3-27(11-12-28)35(30,31)18-9-5-15(6-10-18)20(21(29)25-22-24-14-19(23)34-22)26-33-17-8-7-16(13-17)32-4-2/h5-6,9-10,14,16-17,28H,3-4,7-8,11-13H2,1-2H3,(H,24,25,29)/b26-20+/t16-,17-/m1/s1. The third kappa shape index (κ3) is 7.04. The molecule has 2 atom stereocenters. The highest BCUT2D eigenvalue weighted by Crippen LogP contribution is 2.25. The number of rotatable bonds is 12. The fourth-order valence-electron chi connectivity index (χ4n) is 3.70. The topological polar surface area (TPSA) is 130 Å². The minimum atomic E-state index is -3.82. The number of amides is 1. The number of aliphatic hydroxyl groups is 1. The summed E-state index contributed by atoms with van der Waals surface area (Å²) in [6.45, 7) is 4.06. The quantitative estimate of drug-likeness (QED) is 0.320. The van der Waals surface area contributed by atoms with Gasteiger partial charge in [-0.15, -0.1) is 0 Å². The monoisotopic (exact) mass is 528 g/mol. The average molecular weight is 529 g/mol. The minimum Gasteiger partial charge on any atom is -0.395 e. The van der Waals surface area contributed by atoms with Crippen LogP contribution in [0.25, 0.3) is 0 Å². The van der Waals surface area contributed by atoms with E-state index in [2.05, 4.69) is 15.5 Å². The Labute approximate surface area is 207 Å². The number of sulfonamides is 1. The normalized spacial score (nSPS) is 18.7. The van der Waals surface area contributed by atoms with E-state index in [0.29, 0.717) is 29.9 Å². The molecule has 2 aromatic rings. The number of hydrogen-bond donors (Lipinski definition) is 2. The number of nitrogens with one attached hydrogen (secondary N) is 1. The van der Waals surface area contributed by atoms with E-state index in [9.17, 15) is 17.6 Å². The van der Waals surface area contributed by atoms with Crippen molar-refractivity contribution in [1.29, 1.82) is 0 Å². The van der Waals surface area contributed by atoms with Gasteiger partial charge in [0.05, 0.1) is 23.8 Å². The summed E-state index contributed by atoms with van der Waals surface area (Å²) in [7, 11) is -3.82. The van der Waals surface area contributed by atoms with Crippen molar-refractivity contribution in [2.75, 3.05) is 31.6 Å². The molecule has 0 radical (unpaired) electrons. The number of anilines is 1. The summed E-state index contributed by atoms with van der Waals surface area (Å²) in [5.74, 6) is -0.676. The van der Waals surface area contributed by atoms with Crippen molar-refractivity contribution in [2.24, 2.45) is 5.16 Å². The number of ether oxygens (including phenoxy) is 1. The largest absolute Gasteiger partial charge is 0.395 e. The number of benzene rings is 1. The van der Waals surface area contributed by atoms with Gasteiger partial charge in [0.25, 0.3) is 5.91 Å². The highest BCUT2D eigenvalue weighted by molar-refractivity contribution is 7.89. The van der Waals surface area contributed by atoms with Crippen LogP contribution < -0.4 is 5.32 Å². The van der Waals surface area contributed by atoms with Crippen LogP contribution in [0.4, 0.5) is 9.52 Å². The molecule has 3 rings (SSSR count). The lowest BCUT2D eigenvalue weighted by Gasteiger charge is -2.19. The second kappa shape index (κ2) is 12.5. The lowest BCUT2D eigenvalue weighted by atomic mass is 10.1. The molecule has 35 heavy (non-hydrogen) atoms. The number of likely N-dealkylation sites (N-methyl/N-ethyl adjacent to an activating group) is 1. The summed E-state index contributed by atoms with van der Waals surface area (Å²) in [4.78, 5) is 22.4. The Bertz CT molecular complexity index is 1120. The van der Waals surface area contributed by atoms with E-state index in [1.165, 1.54) is 24.3 Å². The minimum absolute atomic E-state index is 0.00886. The molecule has 192 valence electrons. The summed E-state index contributed by atoms with van der Waals surface area (Å²) in [6, 6.07) is 5.61. The van der Waals surface area contributed by atoms with E-state index in [1.54, 1.807) is 6.92 Å². The van der Waals surface area contributed by atoms with Crippen molar-refractivity contribution >= 4 is 38.1 Å². The molecule has 1 heterocycles. The highest BCUT2D eigenvalue weighted by Gasteiger charge is 2.28. The Morgan fingerprint density at radius 2 is 2.00 bits per heavy atom.